The lowest BCUT2D eigenvalue weighted by Crippen LogP contribution is -2.14. The fraction of sp³-hybridized carbons (Fsp3) is 0.103. The summed E-state index contributed by atoms with van der Waals surface area (Å²) in [7, 11) is 0. The van der Waals surface area contributed by atoms with Crippen LogP contribution in [0.4, 0.5) is 5.69 Å². The molecule has 0 unspecified atom stereocenters. The SMILES string of the molecule is Cc1ccc(-c2csc3ncnc(SCC(=O)Nc4ccc(-c5nc6ccc(C)cc6s5)cc4)c23)cc1. The highest BCUT2D eigenvalue weighted by Crippen LogP contribution is 2.38. The van der Waals surface area contributed by atoms with Gasteiger partial charge >= 0.3 is 0 Å². The van der Waals surface area contributed by atoms with Crippen LogP contribution in [-0.2, 0) is 4.79 Å². The fourth-order valence-electron chi connectivity index (χ4n) is 4.09. The van der Waals surface area contributed by atoms with Crippen LogP contribution in [0.1, 0.15) is 11.1 Å². The molecule has 1 N–H and O–H groups in total. The van der Waals surface area contributed by atoms with E-state index in [0.29, 0.717) is 0 Å². The second kappa shape index (κ2) is 10.0. The van der Waals surface area contributed by atoms with Crippen molar-refractivity contribution in [3.8, 4) is 21.7 Å². The first-order chi connectivity index (χ1) is 18.0. The number of amides is 1. The van der Waals surface area contributed by atoms with Gasteiger partial charge in [0.2, 0.25) is 5.91 Å². The van der Waals surface area contributed by atoms with Gasteiger partial charge in [-0.2, -0.15) is 0 Å². The highest BCUT2D eigenvalue weighted by atomic mass is 32.2. The Balaban J connectivity index is 1.15. The van der Waals surface area contributed by atoms with Gasteiger partial charge in [0.1, 0.15) is 21.2 Å². The molecule has 0 spiro atoms. The zero-order valence-corrected chi connectivity index (χ0v) is 22.6. The Labute approximate surface area is 226 Å². The molecule has 0 aliphatic carbocycles. The third kappa shape index (κ3) is 5.00. The molecule has 8 heteroatoms. The number of aromatic nitrogens is 3. The molecule has 0 aliphatic heterocycles. The Kier molecular flexibility index (Phi) is 6.46. The maximum atomic E-state index is 12.8. The van der Waals surface area contributed by atoms with E-state index in [9.17, 15) is 4.79 Å². The maximum Gasteiger partial charge on any atom is 0.234 e. The number of nitrogens with zero attached hydrogens (tertiary/aromatic N) is 3. The number of rotatable bonds is 6. The molecular formula is C29H22N4OS3. The third-order valence-electron chi connectivity index (χ3n) is 6.00. The molecule has 0 fully saturated rings. The van der Waals surface area contributed by atoms with Crippen LogP contribution >= 0.6 is 34.4 Å². The molecule has 0 aliphatic rings. The number of thiazole rings is 1. The van der Waals surface area contributed by atoms with Gasteiger partial charge in [0.15, 0.2) is 0 Å². The summed E-state index contributed by atoms with van der Waals surface area (Å²) in [5, 5.41) is 7.91. The Hall–Kier alpha value is -3.59. The second-order valence-electron chi connectivity index (χ2n) is 8.78. The van der Waals surface area contributed by atoms with Gasteiger partial charge in [-0.25, -0.2) is 15.0 Å². The van der Waals surface area contributed by atoms with Gasteiger partial charge in [-0.15, -0.1) is 22.7 Å². The summed E-state index contributed by atoms with van der Waals surface area (Å²) in [6.07, 6.45) is 1.57. The van der Waals surface area contributed by atoms with Crippen LogP contribution in [0.2, 0.25) is 0 Å². The number of nitrogens with one attached hydrogen (secondary N) is 1. The van der Waals surface area contributed by atoms with Gasteiger partial charge in [0.25, 0.3) is 0 Å². The zero-order valence-electron chi connectivity index (χ0n) is 20.2. The van der Waals surface area contributed by atoms with Crippen LogP contribution in [-0.4, -0.2) is 26.6 Å². The first-order valence-electron chi connectivity index (χ1n) is 11.7. The topological polar surface area (TPSA) is 67.8 Å². The number of aryl methyl sites for hydroxylation is 2. The Bertz CT molecular complexity index is 1740. The van der Waals surface area contributed by atoms with Crippen molar-refractivity contribution in [3.05, 3.63) is 89.6 Å². The number of thioether (sulfide) groups is 1. The molecule has 0 saturated heterocycles. The average Bonchev–Trinajstić information content (AvgIpc) is 3.53. The molecular weight excluding hydrogens is 517 g/mol. The average molecular weight is 539 g/mol. The van der Waals surface area contributed by atoms with Gasteiger partial charge in [0.05, 0.1) is 21.4 Å². The predicted octanol–water partition coefficient (Wildman–Crippen LogP) is 7.98. The molecule has 37 heavy (non-hydrogen) atoms. The number of thiophene rings is 1. The number of hydrogen-bond donors (Lipinski definition) is 1. The number of hydrogen-bond acceptors (Lipinski definition) is 7. The number of fused-ring (bicyclic) bond motifs is 2. The molecule has 3 heterocycles. The van der Waals surface area contributed by atoms with Crippen molar-refractivity contribution in [2.75, 3.05) is 11.1 Å². The van der Waals surface area contributed by atoms with E-state index in [1.165, 1.54) is 27.6 Å². The van der Waals surface area contributed by atoms with Gasteiger partial charge in [-0.05, 0) is 61.4 Å². The molecule has 0 bridgehead atoms. The summed E-state index contributed by atoms with van der Waals surface area (Å²) in [5.74, 6) is 0.181. The molecule has 6 rings (SSSR count). The lowest BCUT2D eigenvalue weighted by Gasteiger charge is -2.07. The molecule has 0 atom stereocenters. The van der Waals surface area contributed by atoms with Crippen molar-refractivity contribution in [2.24, 2.45) is 0 Å². The minimum atomic E-state index is -0.0768. The summed E-state index contributed by atoms with van der Waals surface area (Å²) in [4.78, 5) is 27.4. The van der Waals surface area contributed by atoms with Crippen LogP contribution in [0, 0.1) is 13.8 Å². The van der Waals surface area contributed by atoms with Crippen molar-refractivity contribution in [1.29, 1.82) is 0 Å². The molecule has 0 saturated carbocycles. The third-order valence-corrected chi connectivity index (χ3v) is 8.94. The van der Waals surface area contributed by atoms with Crippen LogP contribution in [0.5, 0.6) is 0 Å². The van der Waals surface area contributed by atoms with Crippen LogP contribution < -0.4 is 5.32 Å². The van der Waals surface area contributed by atoms with E-state index in [-0.39, 0.29) is 11.7 Å². The van der Waals surface area contributed by atoms with Gasteiger partial charge in [0, 0.05) is 22.2 Å². The van der Waals surface area contributed by atoms with Crippen molar-refractivity contribution in [3.63, 3.8) is 0 Å². The zero-order chi connectivity index (χ0) is 25.4. The highest BCUT2D eigenvalue weighted by Gasteiger charge is 2.15. The summed E-state index contributed by atoms with van der Waals surface area (Å²) in [6.45, 7) is 4.17. The van der Waals surface area contributed by atoms with E-state index in [1.807, 2.05) is 24.3 Å². The first-order valence-corrected chi connectivity index (χ1v) is 14.4. The summed E-state index contributed by atoms with van der Waals surface area (Å²) in [6, 6.07) is 22.6. The van der Waals surface area contributed by atoms with Gasteiger partial charge < -0.3 is 5.32 Å². The molecule has 3 aromatic carbocycles. The monoisotopic (exact) mass is 538 g/mol. The highest BCUT2D eigenvalue weighted by molar-refractivity contribution is 8.00. The number of carbonyl (C=O) groups is 1. The normalized spacial score (nSPS) is 11.3. The van der Waals surface area contributed by atoms with E-state index in [4.69, 9.17) is 4.98 Å². The summed E-state index contributed by atoms with van der Waals surface area (Å²) < 4.78 is 1.18. The van der Waals surface area contributed by atoms with E-state index in [2.05, 4.69) is 77.0 Å². The molecule has 5 nitrogen and oxygen atoms in total. The van der Waals surface area contributed by atoms with Crippen molar-refractivity contribution in [2.45, 2.75) is 18.9 Å². The van der Waals surface area contributed by atoms with Crippen LogP contribution in [0.25, 0.3) is 42.1 Å². The van der Waals surface area contributed by atoms with Crippen molar-refractivity contribution >= 4 is 66.5 Å². The molecule has 1 amide bonds. The standard InChI is InChI=1S/C29H22N4OS3/c1-17-3-6-19(7-4-17)22-14-35-28-26(22)29(31-16-30-28)36-15-25(34)32-21-10-8-20(9-11-21)27-33-23-12-5-18(2)13-24(23)37-27/h3-14,16H,15H2,1-2H3,(H,32,34). The smallest absolute Gasteiger partial charge is 0.234 e. The molecule has 0 radical (unpaired) electrons. The fourth-order valence-corrected chi connectivity index (χ4v) is 6.95. The van der Waals surface area contributed by atoms with E-state index < -0.39 is 0 Å². The van der Waals surface area contributed by atoms with E-state index in [0.717, 1.165) is 48.1 Å². The summed E-state index contributed by atoms with van der Waals surface area (Å²) in [5.41, 5.74) is 7.48. The van der Waals surface area contributed by atoms with E-state index in [1.54, 1.807) is 29.0 Å². The summed E-state index contributed by atoms with van der Waals surface area (Å²) >= 11 is 4.71. The molecule has 6 aromatic rings. The van der Waals surface area contributed by atoms with Crippen LogP contribution in [0.15, 0.2) is 83.5 Å². The number of benzene rings is 3. The second-order valence-corrected chi connectivity index (χ2v) is 11.6. The minimum absolute atomic E-state index is 0.0768. The van der Waals surface area contributed by atoms with Crippen molar-refractivity contribution in [1.82, 2.24) is 15.0 Å². The Morgan fingerprint density at radius 1 is 0.919 bits per heavy atom. The number of anilines is 1. The Morgan fingerprint density at radius 2 is 1.68 bits per heavy atom. The lowest BCUT2D eigenvalue weighted by molar-refractivity contribution is -0.113. The predicted molar refractivity (Wildman–Crippen MR) is 157 cm³/mol. The molecule has 182 valence electrons. The lowest BCUT2D eigenvalue weighted by atomic mass is 10.1. The van der Waals surface area contributed by atoms with Crippen molar-refractivity contribution < 1.29 is 4.79 Å². The van der Waals surface area contributed by atoms with Crippen LogP contribution in [0.3, 0.4) is 0 Å². The maximum absolute atomic E-state index is 12.8. The first kappa shape index (κ1) is 23.8. The largest absolute Gasteiger partial charge is 0.325 e. The van der Waals surface area contributed by atoms with Gasteiger partial charge in [-0.1, -0.05) is 47.7 Å². The number of carbonyl (C=O) groups excluding carboxylic acids is 1. The van der Waals surface area contributed by atoms with Gasteiger partial charge in [-0.3, -0.25) is 4.79 Å². The van der Waals surface area contributed by atoms with E-state index >= 15 is 0 Å². The quantitative estimate of drug-likeness (QED) is 0.172. The Morgan fingerprint density at radius 3 is 2.49 bits per heavy atom. The minimum Gasteiger partial charge on any atom is -0.325 e. The molecule has 3 aromatic heterocycles.